The van der Waals surface area contributed by atoms with Crippen LogP contribution >= 0.6 is 11.6 Å². The van der Waals surface area contributed by atoms with E-state index in [4.69, 9.17) is 21.1 Å². The van der Waals surface area contributed by atoms with Gasteiger partial charge < -0.3 is 20.1 Å². The van der Waals surface area contributed by atoms with E-state index in [1.54, 1.807) is 32.5 Å². The summed E-state index contributed by atoms with van der Waals surface area (Å²) in [5.41, 5.74) is 1.82. The fourth-order valence-electron chi connectivity index (χ4n) is 2.32. The summed E-state index contributed by atoms with van der Waals surface area (Å²) < 4.78 is 10.5. The van der Waals surface area contributed by atoms with Crippen molar-refractivity contribution in [3.8, 4) is 11.5 Å². The highest BCUT2D eigenvalue weighted by atomic mass is 35.5. The van der Waals surface area contributed by atoms with Crippen molar-refractivity contribution >= 4 is 29.1 Å². The molecule has 8 heteroatoms. The van der Waals surface area contributed by atoms with Crippen LogP contribution in [0.1, 0.15) is 5.56 Å². The van der Waals surface area contributed by atoms with Gasteiger partial charge in [0.1, 0.15) is 0 Å². The molecule has 1 heterocycles. The van der Waals surface area contributed by atoms with Crippen LogP contribution in [0.4, 0.5) is 17.5 Å². The van der Waals surface area contributed by atoms with Gasteiger partial charge in [0.05, 0.1) is 20.4 Å². The predicted octanol–water partition coefficient (Wildman–Crippen LogP) is 3.90. The van der Waals surface area contributed by atoms with Gasteiger partial charge in [-0.3, -0.25) is 0 Å². The molecule has 0 bridgehead atoms. The van der Waals surface area contributed by atoms with Crippen LogP contribution < -0.4 is 20.1 Å². The Kier molecular flexibility index (Phi) is 5.70. The van der Waals surface area contributed by atoms with Gasteiger partial charge in [0.25, 0.3) is 0 Å². The third kappa shape index (κ3) is 4.52. The zero-order chi connectivity index (χ0) is 18.4. The number of rotatable bonds is 7. The van der Waals surface area contributed by atoms with Crippen LogP contribution in [0.15, 0.2) is 48.7 Å². The molecule has 0 aliphatic carbocycles. The monoisotopic (exact) mass is 371 g/mol. The van der Waals surface area contributed by atoms with E-state index >= 15 is 0 Å². The zero-order valence-corrected chi connectivity index (χ0v) is 15.1. The molecule has 3 rings (SSSR count). The molecule has 2 aromatic carbocycles. The van der Waals surface area contributed by atoms with Crippen molar-refractivity contribution in [2.24, 2.45) is 0 Å². The van der Waals surface area contributed by atoms with E-state index in [0.29, 0.717) is 34.8 Å². The average Bonchev–Trinajstić information content (AvgIpc) is 2.66. The van der Waals surface area contributed by atoms with Crippen molar-refractivity contribution in [1.82, 2.24) is 15.2 Å². The Hall–Kier alpha value is -3.06. The number of benzene rings is 2. The smallest absolute Gasteiger partial charge is 0.244 e. The fourth-order valence-corrected chi connectivity index (χ4v) is 2.51. The Labute approximate surface area is 156 Å². The van der Waals surface area contributed by atoms with Crippen LogP contribution in [-0.2, 0) is 6.54 Å². The molecule has 0 saturated heterocycles. The number of halogens is 1. The lowest BCUT2D eigenvalue weighted by molar-refractivity contribution is 0.354. The van der Waals surface area contributed by atoms with Crippen LogP contribution in [0.25, 0.3) is 0 Å². The maximum atomic E-state index is 5.99. The molecule has 0 fully saturated rings. The Bertz CT molecular complexity index is 891. The van der Waals surface area contributed by atoms with Gasteiger partial charge in [0.2, 0.25) is 5.95 Å². The van der Waals surface area contributed by atoms with Gasteiger partial charge in [-0.2, -0.15) is 10.1 Å². The Morgan fingerprint density at radius 1 is 1.04 bits per heavy atom. The van der Waals surface area contributed by atoms with Crippen molar-refractivity contribution in [2.45, 2.75) is 6.54 Å². The molecule has 0 radical (unpaired) electrons. The number of methoxy groups -OCH3 is 2. The van der Waals surface area contributed by atoms with E-state index in [0.717, 1.165) is 11.3 Å². The molecule has 0 aliphatic heterocycles. The van der Waals surface area contributed by atoms with E-state index in [2.05, 4.69) is 25.8 Å². The molecule has 0 aliphatic rings. The summed E-state index contributed by atoms with van der Waals surface area (Å²) in [5.74, 6) is 2.33. The maximum Gasteiger partial charge on any atom is 0.244 e. The summed E-state index contributed by atoms with van der Waals surface area (Å²) in [6.07, 6.45) is 1.54. The van der Waals surface area contributed by atoms with Crippen LogP contribution in [0.2, 0.25) is 5.02 Å². The summed E-state index contributed by atoms with van der Waals surface area (Å²) >= 11 is 5.99. The third-order valence-electron chi connectivity index (χ3n) is 3.55. The largest absolute Gasteiger partial charge is 0.493 e. The molecule has 0 amide bonds. The third-order valence-corrected chi connectivity index (χ3v) is 3.79. The molecule has 0 saturated carbocycles. The lowest BCUT2D eigenvalue weighted by Gasteiger charge is -2.11. The van der Waals surface area contributed by atoms with E-state index in [1.165, 1.54) is 0 Å². The van der Waals surface area contributed by atoms with Crippen molar-refractivity contribution in [1.29, 1.82) is 0 Å². The number of hydrogen-bond acceptors (Lipinski definition) is 7. The van der Waals surface area contributed by atoms with E-state index in [-0.39, 0.29) is 0 Å². The molecule has 134 valence electrons. The molecular weight excluding hydrogens is 354 g/mol. The molecular formula is C18H18ClN5O2. The van der Waals surface area contributed by atoms with E-state index < -0.39 is 0 Å². The molecule has 3 aromatic rings. The van der Waals surface area contributed by atoms with Gasteiger partial charge >= 0.3 is 0 Å². The van der Waals surface area contributed by atoms with Crippen LogP contribution in [0.3, 0.4) is 0 Å². The lowest BCUT2D eigenvalue weighted by Crippen LogP contribution is -2.06. The predicted molar refractivity (Wildman–Crippen MR) is 101 cm³/mol. The second-order valence-corrected chi connectivity index (χ2v) is 5.78. The van der Waals surface area contributed by atoms with E-state index in [9.17, 15) is 0 Å². The first-order valence-electron chi connectivity index (χ1n) is 7.85. The second-order valence-electron chi connectivity index (χ2n) is 5.34. The first kappa shape index (κ1) is 17.8. The minimum Gasteiger partial charge on any atom is -0.493 e. The number of nitrogens with one attached hydrogen (secondary N) is 2. The highest BCUT2D eigenvalue weighted by Gasteiger charge is 2.06. The Morgan fingerprint density at radius 2 is 1.88 bits per heavy atom. The fraction of sp³-hybridized carbons (Fsp3) is 0.167. The topological polar surface area (TPSA) is 81.2 Å². The highest BCUT2D eigenvalue weighted by Crippen LogP contribution is 2.27. The van der Waals surface area contributed by atoms with Gasteiger partial charge in [-0.1, -0.05) is 23.7 Å². The molecule has 0 spiro atoms. The SMILES string of the molecule is COc1ccc(CNc2nncc(Nc3cccc(Cl)c3)n2)cc1OC. The summed E-state index contributed by atoms with van der Waals surface area (Å²) in [7, 11) is 3.21. The molecule has 0 atom stereocenters. The van der Waals surface area contributed by atoms with Crippen LogP contribution in [0, 0.1) is 0 Å². The summed E-state index contributed by atoms with van der Waals surface area (Å²) in [5, 5.41) is 14.9. The lowest BCUT2D eigenvalue weighted by atomic mass is 10.2. The van der Waals surface area contributed by atoms with Gasteiger partial charge in [0.15, 0.2) is 17.3 Å². The molecule has 26 heavy (non-hydrogen) atoms. The molecule has 0 unspecified atom stereocenters. The minimum absolute atomic E-state index is 0.409. The van der Waals surface area contributed by atoms with E-state index in [1.807, 2.05) is 30.3 Å². The summed E-state index contributed by atoms with van der Waals surface area (Å²) in [4.78, 5) is 4.39. The molecule has 7 nitrogen and oxygen atoms in total. The minimum atomic E-state index is 0.409. The summed E-state index contributed by atoms with van der Waals surface area (Å²) in [6.45, 7) is 0.517. The van der Waals surface area contributed by atoms with Crippen molar-refractivity contribution < 1.29 is 9.47 Å². The number of aromatic nitrogens is 3. The second kappa shape index (κ2) is 8.35. The standard InChI is InChI=1S/C18H18ClN5O2/c1-25-15-7-6-12(8-16(15)26-2)10-20-18-23-17(11-21-24-18)22-14-5-3-4-13(19)9-14/h3-9,11H,10H2,1-2H3,(H2,20,22,23,24). The molecule has 1 aromatic heterocycles. The summed E-state index contributed by atoms with van der Waals surface area (Å²) in [6, 6.07) is 13.1. The van der Waals surface area contributed by atoms with Gasteiger partial charge in [-0.05, 0) is 35.9 Å². The number of nitrogens with zero attached hydrogens (tertiary/aromatic N) is 3. The normalized spacial score (nSPS) is 10.3. The van der Waals surface area contributed by atoms with Gasteiger partial charge in [-0.25, -0.2) is 0 Å². The van der Waals surface area contributed by atoms with Crippen molar-refractivity contribution in [2.75, 3.05) is 24.9 Å². The average molecular weight is 372 g/mol. The molecule has 2 N–H and O–H groups in total. The van der Waals surface area contributed by atoms with Crippen LogP contribution in [0.5, 0.6) is 11.5 Å². The van der Waals surface area contributed by atoms with Crippen LogP contribution in [-0.4, -0.2) is 29.4 Å². The highest BCUT2D eigenvalue weighted by molar-refractivity contribution is 6.30. The Morgan fingerprint density at radius 3 is 2.65 bits per heavy atom. The first-order valence-corrected chi connectivity index (χ1v) is 8.23. The van der Waals surface area contributed by atoms with Crippen molar-refractivity contribution in [3.63, 3.8) is 0 Å². The number of hydrogen-bond donors (Lipinski definition) is 2. The first-order chi connectivity index (χ1) is 12.7. The van der Waals surface area contributed by atoms with Crippen molar-refractivity contribution in [3.05, 3.63) is 59.2 Å². The maximum absolute atomic E-state index is 5.99. The number of ether oxygens (including phenoxy) is 2. The zero-order valence-electron chi connectivity index (χ0n) is 14.4. The van der Waals surface area contributed by atoms with Gasteiger partial charge in [0, 0.05) is 17.3 Å². The Balaban J connectivity index is 1.67. The quantitative estimate of drug-likeness (QED) is 0.651. The van der Waals surface area contributed by atoms with Gasteiger partial charge in [-0.15, -0.1) is 5.10 Å². The number of anilines is 3.